The summed E-state index contributed by atoms with van der Waals surface area (Å²) in [5.74, 6) is 0.657. The topological polar surface area (TPSA) is 54.4 Å². The molecule has 20 heavy (non-hydrogen) atoms. The molecular formula is C16H20N2O2. The number of ether oxygens (including phenoxy) is 1. The van der Waals surface area contributed by atoms with E-state index in [1.165, 1.54) is 11.1 Å². The molecular weight excluding hydrogens is 252 g/mol. The molecule has 1 atom stereocenters. The molecule has 0 fully saturated rings. The van der Waals surface area contributed by atoms with Gasteiger partial charge in [0.15, 0.2) is 11.5 Å². The van der Waals surface area contributed by atoms with Crippen LogP contribution in [0.3, 0.4) is 0 Å². The Hall–Kier alpha value is -2.07. The molecule has 0 amide bonds. The summed E-state index contributed by atoms with van der Waals surface area (Å²) >= 11 is 0. The third kappa shape index (κ3) is 3.27. The first-order chi connectivity index (χ1) is 9.61. The summed E-state index contributed by atoms with van der Waals surface area (Å²) in [7, 11) is 1.55. The second-order valence-electron chi connectivity index (χ2n) is 4.84. The lowest BCUT2D eigenvalue weighted by atomic mass is 10.1. The van der Waals surface area contributed by atoms with Gasteiger partial charge in [-0.15, -0.1) is 0 Å². The van der Waals surface area contributed by atoms with Gasteiger partial charge < -0.3 is 15.2 Å². The van der Waals surface area contributed by atoms with Gasteiger partial charge in [0.25, 0.3) is 0 Å². The molecule has 0 aliphatic carbocycles. The summed E-state index contributed by atoms with van der Waals surface area (Å²) in [4.78, 5) is 4.09. The van der Waals surface area contributed by atoms with Crippen molar-refractivity contribution in [2.45, 2.75) is 26.4 Å². The number of phenolic OH excluding ortho intramolecular Hbond substituents is 1. The van der Waals surface area contributed by atoms with E-state index in [1.807, 2.05) is 24.4 Å². The van der Waals surface area contributed by atoms with Crippen LogP contribution < -0.4 is 10.1 Å². The van der Waals surface area contributed by atoms with E-state index >= 15 is 0 Å². The molecule has 2 aromatic rings. The number of methoxy groups -OCH3 is 1. The molecule has 0 bridgehead atoms. The van der Waals surface area contributed by atoms with Crippen molar-refractivity contribution in [2.24, 2.45) is 0 Å². The van der Waals surface area contributed by atoms with Gasteiger partial charge in [-0.2, -0.15) is 0 Å². The fourth-order valence-corrected chi connectivity index (χ4v) is 2.04. The molecule has 0 aliphatic heterocycles. The predicted molar refractivity (Wildman–Crippen MR) is 78.9 cm³/mol. The Kier molecular flexibility index (Phi) is 4.58. The minimum atomic E-state index is 0.161. The monoisotopic (exact) mass is 272 g/mol. The predicted octanol–water partition coefficient (Wildman–Crippen LogP) is 2.96. The molecule has 1 aromatic carbocycles. The van der Waals surface area contributed by atoms with Crippen molar-refractivity contribution in [3.8, 4) is 11.5 Å². The molecule has 1 unspecified atom stereocenters. The van der Waals surface area contributed by atoms with Gasteiger partial charge in [-0.3, -0.25) is 4.98 Å². The minimum Gasteiger partial charge on any atom is -0.504 e. The van der Waals surface area contributed by atoms with E-state index in [0.29, 0.717) is 5.75 Å². The van der Waals surface area contributed by atoms with E-state index in [2.05, 4.69) is 24.1 Å². The summed E-state index contributed by atoms with van der Waals surface area (Å²) in [6.45, 7) is 4.92. The Morgan fingerprint density at radius 3 is 2.85 bits per heavy atom. The summed E-state index contributed by atoms with van der Waals surface area (Å²) in [6.07, 6.45) is 3.67. The first-order valence-corrected chi connectivity index (χ1v) is 6.61. The number of hydrogen-bond acceptors (Lipinski definition) is 4. The molecule has 0 radical (unpaired) electrons. The fraction of sp³-hybridized carbons (Fsp3) is 0.312. The van der Waals surface area contributed by atoms with Gasteiger partial charge in [0.1, 0.15) is 0 Å². The van der Waals surface area contributed by atoms with Gasteiger partial charge in [-0.1, -0.05) is 6.07 Å². The number of aryl methyl sites for hydroxylation is 1. The van der Waals surface area contributed by atoms with Gasteiger partial charge in [-0.05, 0) is 48.7 Å². The lowest BCUT2D eigenvalue weighted by Crippen LogP contribution is -2.18. The molecule has 1 heterocycles. The summed E-state index contributed by atoms with van der Waals surface area (Å²) in [6, 6.07) is 7.59. The molecule has 0 saturated heterocycles. The molecule has 0 saturated carbocycles. The highest BCUT2D eigenvalue weighted by atomic mass is 16.5. The van der Waals surface area contributed by atoms with Crippen molar-refractivity contribution in [1.29, 1.82) is 0 Å². The highest BCUT2D eigenvalue weighted by molar-refractivity contribution is 5.42. The lowest BCUT2D eigenvalue weighted by Gasteiger charge is -2.16. The quantitative estimate of drug-likeness (QED) is 0.878. The van der Waals surface area contributed by atoms with Gasteiger partial charge in [0.2, 0.25) is 0 Å². The Morgan fingerprint density at radius 2 is 2.15 bits per heavy atom. The van der Waals surface area contributed by atoms with Crippen molar-refractivity contribution < 1.29 is 9.84 Å². The molecule has 4 nitrogen and oxygen atoms in total. The summed E-state index contributed by atoms with van der Waals surface area (Å²) < 4.78 is 5.13. The molecule has 0 spiro atoms. The van der Waals surface area contributed by atoms with Crippen LogP contribution in [0, 0.1) is 6.92 Å². The highest BCUT2D eigenvalue weighted by Crippen LogP contribution is 2.28. The number of aromatic nitrogens is 1. The average molecular weight is 272 g/mol. The summed E-state index contributed by atoms with van der Waals surface area (Å²) in [5.41, 5.74) is 3.49. The van der Waals surface area contributed by atoms with Crippen molar-refractivity contribution in [1.82, 2.24) is 10.3 Å². The fourth-order valence-electron chi connectivity index (χ4n) is 2.04. The second kappa shape index (κ2) is 6.39. The van der Waals surface area contributed by atoms with Crippen LogP contribution in [-0.2, 0) is 6.54 Å². The van der Waals surface area contributed by atoms with Gasteiger partial charge >= 0.3 is 0 Å². The first-order valence-electron chi connectivity index (χ1n) is 6.61. The number of phenols is 1. The Labute approximate surface area is 119 Å². The van der Waals surface area contributed by atoms with Gasteiger partial charge in [0, 0.05) is 25.0 Å². The van der Waals surface area contributed by atoms with Crippen LogP contribution in [0.1, 0.15) is 29.7 Å². The van der Waals surface area contributed by atoms with E-state index in [4.69, 9.17) is 4.74 Å². The van der Waals surface area contributed by atoms with Crippen LogP contribution in [0.4, 0.5) is 0 Å². The van der Waals surface area contributed by atoms with E-state index in [9.17, 15) is 5.11 Å². The van der Waals surface area contributed by atoms with Gasteiger partial charge in [0.05, 0.1) is 7.11 Å². The second-order valence-corrected chi connectivity index (χ2v) is 4.84. The van der Waals surface area contributed by atoms with Crippen molar-refractivity contribution >= 4 is 0 Å². The number of pyridine rings is 1. The van der Waals surface area contributed by atoms with Crippen LogP contribution in [0.15, 0.2) is 36.7 Å². The van der Waals surface area contributed by atoms with Gasteiger partial charge in [-0.25, -0.2) is 0 Å². The molecule has 0 aliphatic rings. The maximum Gasteiger partial charge on any atom is 0.160 e. The number of hydrogen-bond donors (Lipinski definition) is 2. The maximum absolute atomic E-state index is 9.61. The average Bonchev–Trinajstić information content (AvgIpc) is 2.46. The van der Waals surface area contributed by atoms with Crippen LogP contribution >= 0.6 is 0 Å². The van der Waals surface area contributed by atoms with Crippen LogP contribution in [0.25, 0.3) is 0 Å². The highest BCUT2D eigenvalue weighted by Gasteiger charge is 2.09. The third-order valence-electron chi connectivity index (χ3n) is 3.44. The van der Waals surface area contributed by atoms with E-state index in [1.54, 1.807) is 19.4 Å². The molecule has 1 aromatic heterocycles. The SMILES string of the molecule is COc1cc(C(C)NCc2ccncc2C)ccc1O. The van der Waals surface area contributed by atoms with Crippen molar-refractivity contribution in [3.63, 3.8) is 0 Å². The smallest absolute Gasteiger partial charge is 0.160 e. The number of benzene rings is 1. The zero-order chi connectivity index (χ0) is 14.5. The molecule has 2 rings (SSSR count). The van der Waals surface area contributed by atoms with Crippen LogP contribution in [0.5, 0.6) is 11.5 Å². The molecule has 106 valence electrons. The largest absolute Gasteiger partial charge is 0.504 e. The zero-order valence-corrected chi connectivity index (χ0v) is 12.1. The van der Waals surface area contributed by atoms with E-state index in [0.717, 1.165) is 12.1 Å². The van der Waals surface area contributed by atoms with Crippen LogP contribution in [0.2, 0.25) is 0 Å². The number of rotatable bonds is 5. The van der Waals surface area contributed by atoms with E-state index in [-0.39, 0.29) is 11.8 Å². The number of nitrogens with one attached hydrogen (secondary N) is 1. The molecule has 2 N–H and O–H groups in total. The van der Waals surface area contributed by atoms with Crippen molar-refractivity contribution in [2.75, 3.05) is 7.11 Å². The van der Waals surface area contributed by atoms with E-state index < -0.39 is 0 Å². The number of nitrogens with zero attached hydrogens (tertiary/aromatic N) is 1. The molecule has 4 heteroatoms. The van der Waals surface area contributed by atoms with Crippen LogP contribution in [-0.4, -0.2) is 17.2 Å². The number of aromatic hydroxyl groups is 1. The van der Waals surface area contributed by atoms with Crippen molar-refractivity contribution in [3.05, 3.63) is 53.3 Å². The Balaban J connectivity index is 2.05. The Morgan fingerprint density at radius 1 is 1.35 bits per heavy atom. The normalized spacial score (nSPS) is 12.2. The third-order valence-corrected chi connectivity index (χ3v) is 3.44. The lowest BCUT2D eigenvalue weighted by molar-refractivity contribution is 0.372. The minimum absolute atomic E-state index is 0.161. The Bertz CT molecular complexity index is 584. The maximum atomic E-state index is 9.61. The standard InChI is InChI=1S/C16H20N2O2/c1-11-9-17-7-6-14(11)10-18-12(2)13-4-5-15(19)16(8-13)20-3/h4-9,12,18-19H,10H2,1-3H3. The first kappa shape index (κ1) is 14.3. The summed E-state index contributed by atoms with van der Waals surface area (Å²) in [5, 5.41) is 13.1. The zero-order valence-electron chi connectivity index (χ0n) is 12.1.